The molecule has 0 aliphatic heterocycles. The zero-order valence-electron chi connectivity index (χ0n) is 9.81. The lowest BCUT2D eigenvalue weighted by atomic mass is 9.98. The number of rotatable bonds is 8. The standard InChI is InChI=1S/C10H21F3N2O/c1-8(7-16-2)6-9(15-14)4-3-5-10(11,12)13/h8-9,15H,3-7,14H2,1-2H3. The minimum Gasteiger partial charge on any atom is -0.384 e. The van der Waals surface area contributed by atoms with Crippen molar-refractivity contribution in [2.45, 2.75) is 44.8 Å². The summed E-state index contributed by atoms with van der Waals surface area (Å²) in [6.45, 7) is 2.58. The van der Waals surface area contributed by atoms with Gasteiger partial charge in [-0.3, -0.25) is 11.3 Å². The van der Waals surface area contributed by atoms with Crippen LogP contribution in [0.2, 0.25) is 0 Å². The minimum atomic E-state index is -4.07. The second-order valence-electron chi connectivity index (χ2n) is 4.17. The Hall–Kier alpha value is -0.330. The molecule has 0 aliphatic rings. The third kappa shape index (κ3) is 8.94. The normalized spacial score (nSPS) is 16.1. The largest absolute Gasteiger partial charge is 0.389 e. The first kappa shape index (κ1) is 15.7. The summed E-state index contributed by atoms with van der Waals surface area (Å²) < 4.78 is 40.7. The molecule has 0 radical (unpaired) electrons. The lowest BCUT2D eigenvalue weighted by Gasteiger charge is -2.20. The lowest BCUT2D eigenvalue weighted by molar-refractivity contribution is -0.135. The predicted octanol–water partition coefficient (Wildman–Crippen LogP) is 2.22. The molecule has 6 heteroatoms. The molecule has 3 nitrogen and oxygen atoms in total. The van der Waals surface area contributed by atoms with Gasteiger partial charge >= 0.3 is 6.18 Å². The first-order valence-electron chi connectivity index (χ1n) is 5.41. The first-order valence-corrected chi connectivity index (χ1v) is 5.41. The van der Waals surface area contributed by atoms with Gasteiger partial charge in [0.15, 0.2) is 0 Å². The Morgan fingerprint density at radius 3 is 2.44 bits per heavy atom. The van der Waals surface area contributed by atoms with E-state index in [0.29, 0.717) is 13.0 Å². The van der Waals surface area contributed by atoms with Crippen molar-refractivity contribution >= 4 is 0 Å². The van der Waals surface area contributed by atoms with Gasteiger partial charge < -0.3 is 4.74 Å². The molecular formula is C10H21F3N2O. The molecule has 2 atom stereocenters. The number of hydrogen-bond acceptors (Lipinski definition) is 3. The molecule has 0 spiro atoms. The van der Waals surface area contributed by atoms with Gasteiger partial charge in [0.25, 0.3) is 0 Å². The fourth-order valence-electron chi connectivity index (χ4n) is 1.66. The summed E-state index contributed by atoms with van der Waals surface area (Å²) in [7, 11) is 1.60. The molecule has 0 aromatic carbocycles. The highest BCUT2D eigenvalue weighted by Crippen LogP contribution is 2.23. The molecular weight excluding hydrogens is 221 g/mol. The van der Waals surface area contributed by atoms with Gasteiger partial charge in [0.2, 0.25) is 0 Å². The Morgan fingerprint density at radius 1 is 1.38 bits per heavy atom. The Kier molecular flexibility index (Phi) is 7.70. The monoisotopic (exact) mass is 242 g/mol. The number of nitrogens with two attached hydrogens (primary N) is 1. The van der Waals surface area contributed by atoms with E-state index < -0.39 is 12.6 Å². The average Bonchev–Trinajstić information content (AvgIpc) is 2.14. The summed E-state index contributed by atoms with van der Waals surface area (Å²) in [5.41, 5.74) is 2.55. The zero-order valence-corrected chi connectivity index (χ0v) is 9.81. The van der Waals surface area contributed by atoms with E-state index in [1.807, 2.05) is 6.92 Å². The molecule has 0 aromatic rings. The summed E-state index contributed by atoms with van der Waals surface area (Å²) in [5.74, 6) is 5.58. The van der Waals surface area contributed by atoms with Crippen molar-refractivity contribution in [1.82, 2.24) is 5.43 Å². The highest BCUT2D eigenvalue weighted by molar-refractivity contribution is 4.68. The molecule has 16 heavy (non-hydrogen) atoms. The van der Waals surface area contributed by atoms with E-state index in [-0.39, 0.29) is 18.4 Å². The maximum atomic E-state index is 11.9. The van der Waals surface area contributed by atoms with Gasteiger partial charge in [-0.05, 0) is 25.2 Å². The van der Waals surface area contributed by atoms with Crippen LogP contribution in [0.1, 0.15) is 32.6 Å². The molecule has 0 saturated heterocycles. The van der Waals surface area contributed by atoms with E-state index in [4.69, 9.17) is 10.6 Å². The third-order valence-electron chi connectivity index (χ3n) is 2.39. The maximum Gasteiger partial charge on any atom is 0.389 e. The molecule has 0 saturated carbocycles. The average molecular weight is 242 g/mol. The fourth-order valence-corrected chi connectivity index (χ4v) is 1.66. The van der Waals surface area contributed by atoms with Crippen LogP contribution in [0.4, 0.5) is 13.2 Å². The van der Waals surface area contributed by atoms with Crippen molar-refractivity contribution in [1.29, 1.82) is 0 Å². The third-order valence-corrected chi connectivity index (χ3v) is 2.39. The van der Waals surface area contributed by atoms with Crippen LogP contribution in [0.25, 0.3) is 0 Å². The number of alkyl halides is 3. The summed E-state index contributed by atoms with van der Waals surface area (Å²) in [6, 6.07) is -0.0764. The molecule has 0 aromatic heterocycles. The quantitative estimate of drug-likeness (QED) is 0.507. The van der Waals surface area contributed by atoms with Crippen LogP contribution < -0.4 is 11.3 Å². The van der Waals surface area contributed by atoms with Gasteiger partial charge in [-0.2, -0.15) is 13.2 Å². The Labute approximate surface area is 94.5 Å². The number of hydrazine groups is 1. The van der Waals surface area contributed by atoms with Crippen molar-refractivity contribution in [2.24, 2.45) is 11.8 Å². The lowest BCUT2D eigenvalue weighted by Crippen LogP contribution is -2.37. The fraction of sp³-hybridized carbons (Fsp3) is 1.00. The van der Waals surface area contributed by atoms with E-state index in [0.717, 1.165) is 6.42 Å². The van der Waals surface area contributed by atoms with E-state index in [2.05, 4.69) is 5.43 Å². The van der Waals surface area contributed by atoms with Gasteiger partial charge in [0.05, 0.1) is 0 Å². The van der Waals surface area contributed by atoms with Crippen LogP contribution >= 0.6 is 0 Å². The van der Waals surface area contributed by atoms with Crippen LogP contribution in [0.5, 0.6) is 0 Å². The van der Waals surface area contributed by atoms with Crippen LogP contribution in [0.15, 0.2) is 0 Å². The number of nitrogens with one attached hydrogen (secondary N) is 1. The molecule has 0 rings (SSSR count). The van der Waals surface area contributed by atoms with Gasteiger partial charge in [0.1, 0.15) is 0 Å². The van der Waals surface area contributed by atoms with Crippen molar-refractivity contribution in [3.63, 3.8) is 0 Å². The number of ether oxygens (including phenoxy) is 1. The van der Waals surface area contributed by atoms with Gasteiger partial charge in [-0.15, -0.1) is 0 Å². The summed E-state index contributed by atoms with van der Waals surface area (Å²) in [6.07, 6.45) is -3.55. The predicted molar refractivity (Wildman–Crippen MR) is 56.7 cm³/mol. The Bertz CT molecular complexity index is 176. The van der Waals surface area contributed by atoms with Crippen molar-refractivity contribution in [3.8, 4) is 0 Å². The number of hydrogen-bond donors (Lipinski definition) is 2. The summed E-state index contributed by atoms with van der Waals surface area (Å²) in [5, 5.41) is 0. The Balaban J connectivity index is 3.75. The number of methoxy groups -OCH3 is 1. The summed E-state index contributed by atoms with van der Waals surface area (Å²) >= 11 is 0. The van der Waals surface area contributed by atoms with Gasteiger partial charge in [-0.25, -0.2) is 0 Å². The first-order chi connectivity index (χ1) is 7.39. The SMILES string of the molecule is COCC(C)CC(CCCC(F)(F)F)NN. The molecule has 0 bridgehead atoms. The van der Waals surface area contributed by atoms with Crippen molar-refractivity contribution in [3.05, 3.63) is 0 Å². The second kappa shape index (κ2) is 7.86. The minimum absolute atomic E-state index is 0.0764. The van der Waals surface area contributed by atoms with E-state index in [1.54, 1.807) is 7.11 Å². The highest BCUT2D eigenvalue weighted by Gasteiger charge is 2.26. The topological polar surface area (TPSA) is 47.3 Å². The molecule has 0 amide bonds. The number of halogens is 3. The van der Waals surface area contributed by atoms with Crippen LogP contribution in [0, 0.1) is 5.92 Å². The van der Waals surface area contributed by atoms with Gasteiger partial charge in [-0.1, -0.05) is 6.92 Å². The molecule has 2 unspecified atom stereocenters. The maximum absolute atomic E-state index is 11.9. The molecule has 0 fully saturated rings. The van der Waals surface area contributed by atoms with Crippen molar-refractivity contribution < 1.29 is 17.9 Å². The van der Waals surface area contributed by atoms with Crippen LogP contribution in [0.3, 0.4) is 0 Å². The van der Waals surface area contributed by atoms with Crippen molar-refractivity contribution in [2.75, 3.05) is 13.7 Å². The van der Waals surface area contributed by atoms with E-state index in [1.165, 1.54) is 0 Å². The molecule has 3 N–H and O–H groups in total. The molecule has 0 aliphatic carbocycles. The smallest absolute Gasteiger partial charge is 0.384 e. The second-order valence-corrected chi connectivity index (χ2v) is 4.17. The van der Waals surface area contributed by atoms with Crippen LogP contribution in [-0.2, 0) is 4.74 Å². The van der Waals surface area contributed by atoms with Gasteiger partial charge in [0, 0.05) is 26.2 Å². The zero-order chi connectivity index (χ0) is 12.6. The summed E-state index contributed by atoms with van der Waals surface area (Å²) in [4.78, 5) is 0. The molecule has 0 heterocycles. The van der Waals surface area contributed by atoms with Crippen LogP contribution in [-0.4, -0.2) is 25.9 Å². The van der Waals surface area contributed by atoms with E-state index >= 15 is 0 Å². The highest BCUT2D eigenvalue weighted by atomic mass is 19.4. The Morgan fingerprint density at radius 2 is 2.00 bits per heavy atom. The van der Waals surface area contributed by atoms with E-state index in [9.17, 15) is 13.2 Å². The molecule has 98 valence electrons.